The molecule has 6 rings (SSSR count). The van der Waals surface area contributed by atoms with Crippen molar-refractivity contribution in [2.75, 3.05) is 26.4 Å². The number of hydrogen-bond donors (Lipinski definition) is 1. The Morgan fingerprint density at radius 1 is 0.374 bits per heavy atom. The summed E-state index contributed by atoms with van der Waals surface area (Å²) in [6, 6.07) is 46.6. The minimum absolute atomic E-state index is 0.00116. The number of hydrogen-bond acceptors (Lipinski definition) is 12. The Balaban J connectivity index is -0.000000198. The van der Waals surface area contributed by atoms with Crippen LogP contribution in [0.5, 0.6) is 0 Å². The van der Waals surface area contributed by atoms with Gasteiger partial charge in [-0.15, -0.1) is 6.58 Å². The number of esters is 5. The monoisotopic (exact) mass is 1730 g/mol. The molecule has 0 spiro atoms. The van der Waals surface area contributed by atoms with E-state index in [0.717, 1.165) is 77.7 Å². The van der Waals surface area contributed by atoms with E-state index in [9.17, 15) is 28.8 Å². The van der Waals surface area contributed by atoms with Crippen molar-refractivity contribution >= 4 is 43.7 Å². The third-order valence-corrected chi connectivity index (χ3v) is 17.9. The Morgan fingerprint density at radius 3 is 0.967 bits per heavy atom. The number of ketones is 1. The van der Waals surface area contributed by atoms with E-state index in [-0.39, 0.29) is 83.7 Å². The maximum atomic E-state index is 11.7. The maximum absolute atomic E-state index is 11.7. The predicted molar refractivity (Wildman–Crippen MR) is 538 cm³/mol. The molecule has 0 aromatic heterocycles. The number of aliphatic hydroxyl groups excluding tert-OH is 1. The molecule has 1 N–H and O–H groups in total. The van der Waals surface area contributed by atoms with Gasteiger partial charge in [-0.2, -0.15) is 0 Å². The zero-order valence-electron chi connectivity index (χ0n) is 86.7. The molecule has 1 aliphatic rings. The molecule has 12 nitrogen and oxygen atoms in total. The van der Waals surface area contributed by atoms with Crippen molar-refractivity contribution in [3.8, 4) is 11.1 Å². The highest BCUT2D eigenvalue weighted by Gasteiger charge is 2.29. The molecule has 0 radical (unpaired) electrons. The van der Waals surface area contributed by atoms with E-state index in [1.807, 2.05) is 151 Å². The SMILES string of the molecule is C=CCC(C)C.C=CCOC(=O)C(C)C.CC(=O)C(C)C.CC(C)C.CC(C)C.CC(C)C(=O)OCC1c2ccccc2-c2ccccc21.CC(C)C(=O)OCc1ccccc1.CC(C)CC(C)C.CC(C)COC(=O)C(C)C.CC(C)C[Si](C)(C)C.CC(C)Cc1ccc(CO)cc1.CC(C)Cc1ccccc1.CCC(C)C.CCCOC(=O)C(C)C. The van der Waals surface area contributed by atoms with Gasteiger partial charge in [0.1, 0.15) is 25.6 Å². The molecule has 0 heterocycles. The van der Waals surface area contributed by atoms with Crippen LogP contribution in [-0.4, -0.2) is 75.2 Å². The van der Waals surface area contributed by atoms with Gasteiger partial charge in [0.25, 0.3) is 0 Å². The van der Waals surface area contributed by atoms with E-state index < -0.39 is 8.07 Å². The van der Waals surface area contributed by atoms with Gasteiger partial charge in [-0.1, -0.05) is 434 Å². The van der Waals surface area contributed by atoms with Gasteiger partial charge in [0, 0.05) is 19.9 Å². The molecule has 0 atom stereocenters. The molecule has 0 amide bonds. The van der Waals surface area contributed by atoms with Crippen molar-refractivity contribution in [2.24, 2.45) is 94.7 Å². The largest absolute Gasteiger partial charge is 0.465 e. The molecule has 5 aromatic rings. The second kappa shape index (κ2) is 83.0. The van der Waals surface area contributed by atoms with E-state index in [0.29, 0.717) is 44.9 Å². The van der Waals surface area contributed by atoms with Gasteiger partial charge >= 0.3 is 29.8 Å². The highest BCUT2D eigenvalue weighted by Crippen LogP contribution is 2.44. The minimum atomic E-state index is -0.720. The molecule has 0 aliphatic heterocycles. The van der Waals surface area contributed by atoms with Gasteiger partial charge < -0.3 is 28.8 Å². The summed E-state index contributed by atoms with van der Waals surface area (Å²) in [5, 5.41) is 8.81. The van der Waals surface area contributed by atoms with Gasteiger partial charge in [-0.05, 0) is 143 Å². The maximum Gasteiger partial charge on any atom is 0.308 e. The summed E-state index contributed by atoms with van der Waals surface area (Å²) in [5.41, 5.74) is 9.83. The third kappa shape index (κ3) is 95.3. The molecule has 0 unspecified atom stereocenters. The molecule has 0 fully saturated rings. The van der Waals surface area contributed by atoms with Gasteiger partial charge in [0.2, 0.25) is 0 Å². The fraction of sp³-hybridized carbons (Fsp3) is 0.636. The van der Waals surface area contributed by atoms with Crippen LogP contribution in [-0.2, 0) is 78.5 Å². The number of fused-ring (bicyclic) bond motifs is 3. The van der Waals surface area contributed by atoms with Crippen LogP contribution in [0.25, 0.3) is 11.1 Å². The fourth-order valence-corrected chi connectivity index (χ4v) is 12.0. The van der Waals surface area contributed by atoms with E-state index in [1.165, 1.54) is 58.7 Å². The Kier molecular flexibility index (Phi) is 88.6. The van der Waals surface area contributed by atoms with Crippen LogP contribution in [0.1, 0.15) is 321 Å². The summed E-state index contributed by atoms with van der Waals surface area (Å²) in [7, 11) is -0.720. The summed E-state index contributed by atoms with van der Waals surface area (Å²) in [4.78, 5) is 65.1. The second-order valence-electron chi connectivity index (χ2n) is 39.1. The van der Waals surface area contributed by atoms with Crippen LogP contribution in [0.3, 0.4) is 0 Å². The van der Waals surface area contributed by atoms with Gasteiger partial charge in [0.05, 0.1) is 49.4 Å². The van der Waals surface area contributed by atoms with Crippen LogP contribution < -0.4 is 0 Å². The molecule has 0 saturated heterocycles. The lowest BCUT2D eigenvalue weighted by molar-refractivity contribution is -0.149. The van der Waals surface area contributed by atoms with Crippen molar-refractivity contribution in [1.29, 1.82) is 0 Å². The number of carbonyl (C=O) groups is 6. The smallest absolute Gasteiger partial charge is 0.308 e. The van der Waals surface area contributed by atoms with Crippen molar-refractivity contribution in [3.63, 3.8) is 0 Å². The molecule has 5 aromatic carbocycles. The van der Waals surface area contributed by atoms with E-state index in [2.05, 4.69) is 257 Å². The van der Waals surface area contributed by atoms with Gasteiger partial charge in [-0.3, -0.25) is 28.8 Å². The lowest BCUT2D eigenvalue weighted by atomic mass is 9.98. The van der Waals surface area contributed by atoms with Crippen molar-refractivity contribution in [2.45, 2.75) is 340 Å². The summed E-state index contributed by atoms with van der Waals surface area (Å²) < 4.78 is 24.9. The van der Waals surface area contributed by atoms with Crippen LogP contribution in [0, 0.1) is 94.7 Å². The molecular weight excluding hydrogens is 1540 g/mol. The van der Waals surface area contributed by atoms with Gasteiger partial charge in [0.15, 0.2) is 0 Å². The summed E-state index contributed by atoms with van der Waals surface area (Å²) in [5.74, 6) is 7.70. The van der Waals surface area contributed by atoms with Gasteiger partial charge in [-0.25, -0.2) is 0 Å². The Labute approximate surface area is 760 Å². The summed E-state index contributed by atoms with van der Waals surface area (Å²) >= 11 is 0. The lowest BCUT2D eigenvalue weighted by Crippen LogP contribution is -2.21. The Hall–Kier alpha value is -7.22. The third-order valence-electron chi connectivity index (χ3n) is 15.9. The van der Waals surface area contributed by atoms with Crippen molar-refractivity contribution < 1.29 is 57.6 Å². The normalized spacial score (nSPS) is 10.7. The highest BCUT2D eigenvalue weighted by atomic mass is 28.3. The first kappa shape index (κ1) is 131. The van der Waals surface area contributed by atoms with Crippen LogP contribution in [0.15, 0.2) is 159 Å². The average Bonchev–Trinajstić information content (AvgIpc) is 1.62. The fourth-order valence-electron chi connectivity index (χ4n) is 9.60. The van der Waals surface area contributed by atoms with Crippen molar-refractivity contribution in [1.82, 2.24) is 0 Å². The van der Waals surface area contributed by atoms with Crippen LogP contribution >= 0.6 is 0 Å². The highest BCUT2D eigenvalue weighted by molar-refractivity contribution is 6.76. The molecule has 13 heteroatoms. The van der Waals surface area contributed by atoms with Crippen molar-refractivity contribution in [3.05, 3.63) is 192 Å². The summed E-state index contributed by atoms with van der Waals surface area (Å²) in [6.45, 7) is 92.9. The number of allylic oxidation sites excluding steroid dienone is 1. The lowest BCUT2D eigenvalue weighted by Gasteiger charge is -2.17. The minimum Gasteiger partial charge on any atom is -0.465 e. The molecule has 0 saturated carbocycles. The number of aliphatic hydroxyl groups is 1. The number of ether oxygens (including phenoxy) is 5. The van der Waals surface area contributed by atoms with E-state index >= 15 is 0 Å². The molecule has 0 bridgehead atoms. The number of Topliss-reactive ketones (excluding diaryl/α,β-unsaturated/α-hetero) is 1. The zero-order valence-corrected chi connectivity index (χ0v) is 87.7. The number of carbonyl (C=O) groups excluding carboxylic acids is 6. The quantitative estimate of drug-likeness (QED) is 0.0218. The standard InChI is InChI=1S/C18H18O2.C11H14O2.C11H16O.C10H14.C8H16O2.C7H14O2.C7H12O2.C7H18Si.C7H16.C6H12.C5H10O.C5H12.2C4H10/c1-12(2)18(19)20-11-17-15-9-5-3-7-13(15)14-8-4-6-10-16(14)17;1-9(2)11(12)13-8-10-6-4-3-5-7-10;1-9(2)7-10-3-5-11(8-12)6-4-10;1-9(2)8-10-6-4-3-5-7-10;1-6(2)5-10-8(9)7(3)4;2*1-4-5-9-7(8)6(2)3;1-7(2)6-8(3,4)5;1-6(2)5-7(3)4;1-4-5-6(2)3;1-4(2)5(3)6;1-4-5(2)3;2*1-4(2)3/h3-10,12,17H,11H2,1-2H3;3-7,9H,8H2,1-2H3;3-6,9,12H,7-8H2,1-2H3;3-7,9H,8H2,1-2H3;6-7H,5H2,1-4H3;6H,4-5H2,1-3H3;4,6H,1,5H2,2-3H3;7H,6H2,1-5H3;6-7H,5H2,1-4H3;4,6H,1,5H2,2-3H3;4H,1-3H3;5H,4H2,1-3H3;2*4H,1-3H3. The summed E-state index contributed by atoms with van der Waals surface area (Å²) in [6.07, 6.45) is 10.5. The predicted octanol–water partition coefficient (Wildman–Crippen LogP) is 31.0. The number of rotatable bonds is 28. The first-order chi connectivity index (χ1) is 57.0. The molecule has 123 heavy (non-hydrogen) atoms. The topological polar surface area (TPSA) is 169 Å². The Bertz CT molecular complexity index is 3230. The molecule has 1 aliphatic carbocycles. The van der Waals surface area contributed by atoms with Crippen LogP contribution in [0.2, 0.25) is 25.7 Å². The van der Waals surface area contributed by atoms with E-state index in [1.54, 1.807) is 26.8 Å². The second-order valence-corrected chi connectivity index (χ2v) is 44.7. The Morgan fingerprint density at radius 2 is 0.699 bits per heavy atom. The zero-order chi connectivity index (χ0) is 97.1. The van der Waals surface area contributed by atoms with Crippen LogP contribution in [0.4, 0.5) is 0 Å². The first-order valence-electron chi connectivity index (χ1n) is 46.5. The van der Waals surface area contributed by atoms with E-state index in [4.69, 9.17) is 28.8 Å². The average molecular weight is 1730 g/mol. The number of benzene rings is 5. The first-order valence-corrected chi connectivity index (χ1v) is 50.2. The molecular formula is C110H192O12Si. The molecule has 708 valence electrons.